The van der Waals surface area contributed by atoms with E-state index in [2.05, 4.69) is 44.5 Å². The van der Waals surface area contributed by atoms with E-state index in [1.54, 1.807) is 0 Å². The second-order valence-electron chi connectivity index (χ2n) is 5.24. The number of aromatic nitrogens is 2. The van der Waals surface area contributed by atoms with E-state index in [0.29, 0.717) is 5.82 Å². The van der Waals surface area contributed by atoms with Crippen molar-refractivity contribution in [2.45, 2.75) is 12.8 Å². The molecule has 0 amide bonds. The Morgan fingerprint density at radius 1 is 1.27 bits per heavy atom. The number of carboxylic acid groups (broad SMARTS) is 1. The molecule has 0 unspecified atom stereocenters. The summed E-state index contributed by atoms with van der Waals surface area (Å²) in [6.07, 6.45) is 4.82. The Bertz CT molecular complexity index is 657. The number of benzene rings is 1. The van der Waals surface area contributed by atoms with Crippen LogP contribution in [0.5, 0.6) is 0 Å². The number of anilines is 2. The van der Waals surface area contributed by atoms with Gasteiger partial charge in [0.05, 0.1) is 12.4 Å². The van der Waals surface area contributed by atoms with Gasteiger partial charge in [-0.15, -0.1) is 0 Å². The monoisotopic (exact) mass is 298 g/mol. The Hall–Kier alpha value is -2.63. The minimum atomic E-state index is -1.06. The van der Waals surface area contributed by atoms with Crippen LogP contribution in [0.4, 0.5) is 11.5 Å². The molecule has 2 aromatic rings. The van der Waals surface area contributed by atoms with Crippen molar-refractivity contribution < 1.29 is 9.90 Å². The SMILES string of the molecule is O=C(O)c1cnc(NCCCN2CCc3ccccc32)cn1. The van der Waals surface area contributed by atoms with E-state index >= 15 is 0 Å². The molecule has 0 fully saturated rings. The molecule has 1 aromatic heterocycles. The summed E-state index contributed by atoms with van der Waals surface area (Å²) in [4.78, 5) is 21.0. The number of hydrogen-bond donors (Lipinski definition) is 2. The average Bonchev–Trinajstić information content (AvgIpc) is 2.95. The van der Waals surface area contributed by atoms with Gasteiger partial charge in [0, 0.05) is 25.3 Å². The largest absolute Gasteiger partial charge is 0.476 e. The van der Waals surface area contributed by atoms with Crippen molar-refractivity contribution in [1.29, 1.82) is 0 Å². The molecule has 0 atom stereocenters. The van der Waals surface area contributed by atoms with Gasteiger partial charge in [-0.2, -0.15) is 0 Å². The summed E-state index contributed by atoms with van der Waals surface area (Å²) in [6.45, 7) is 2.84. The molecule has 0 saturated heterocycles. The van der Waals surface area contributed by atoms with Gasteiger partial charge in [0.1, 0.15) is 5.82 Å². The van der Waals surface area contributed by atoms with E-state index in [-0.39, 0.29) is 5.69 Å². The molecule has 6 nitrogen and oxygen atoms in total. The van der Waals surface area contributed by atoms with Crippen molar-refractivity contribution in [2.24, 2.45) is 0 Å². The predicted molar refractivity (Wildman–Crippen MR) is 84.5 cm³/mol. The van der Waals surface area contributed by atoms with Gasteiger partial charge in [-0.05, 0) is 24.5 Å². The zero-order valence-corrected chi connectivity index (χ0v) is 12.2. The number of aromatic carboxylic acids is 1. The third kappa shape index (κ3) is 3.16. The number of fused-ring (bicyclic) bond motifs is 1. The maximum absolute atomic E-state index is 10.7. The normalized spacial score (nSPS) is 13.0. The van der Waals surface area contributed by atoms with Gasteiger partial charge in [0.25, 0.3) is 0 Å². The number of carbonyl (C=O) groups is 1. The number of hydrogen-bond acceptors (Lipinski definition) is 5. The van der Waals surface area contributed by atoms with Gasteiger partial charge >= 0.3 is 5.97 Å². The van der Waals surface area contributed by atoms with Gasteiger partial charge < -0.3 is 15.3 Å². The van der Waals surface area contributed by atoms with E-state index < -0.39 is 5.97 Å². The molecule has 0 spiro atoms. The van der Waals surface area contributed by atoms with Crippen molar-refractivity contribution in [3.63, 3.8) is 0 Å². The lowest BCUT2D eigenvalue weighted by Crippen LogP contribution is -2.23. The first-order valence-corrected chi connectivity index (χ1v) is 7.36. The van der Waals surface area contributed by atoms with Crippen LogP contribution in [-0.2, 0) is 6.42 Å². The van der Waals surface area contributed by atoms with Gasteiger partial charge in [-0.1, -0.05) is 18.2 Å². The van der Waals surface area contributed by atoms with Crippen LogP contribution in [0.2, 0.25) is 0 Å². The summed E-state index contributed by atoms with van der Waals surface area (Å²) in [5.74, 6) is -0.460. The fourth-order valence-corrected chi connectivity index (χ4v) is 2.65. The van der Waals surface area contributed by atoms with Gasteiger partial charge in [-0.3, -0.25) is 0 Å². The molecule has 2 heterocycles. The first-order chi connectivity index (χ1) is 10.7. The lowest BCUT2D eigenvalue weighted by Gasteiger charge is -2.19. The summed E-state index contributed by atoms with van der Waals surface area (Å²) >= 11 is 0. The van der Waals surface area contributed by atoms with E-state index in [9.17, 15) is 4.79 Å². The Balaban J connectivity index is 1.45. The first-order valence-electron chi connectivity index (χ1n) is 7.36. The number of rotatable bonds is 6. The summed E-state index contributed by atoms with van der Waals surface area (Å²) < 4.78 is 0. The van der Waals surface area contributed by atoms with E-state index in [4.69, 9.17) is 5.11 Å². The molecule has 22 heavy (non-hydrogen) atoms. The quantitative estimate of drug-likeness (QED) is 0.795. The maximum Gasteiger partial charge on any atom is 0.356 e. The zero-order chi connectivity index (χ0) is 15.4. The molecule has 2 N–H and O–H groups in total. The highest BCUT2D eigenvalue weighted by atomic mass is 16.4. The van der Waals surface area contributed by atoms with Gasteiger partial charge in [-0.25, -0.2) is 14.8 Å². The first kappa shape index (κ1) is 14.3. The van der Waals surface area contributed by atoms with Crippen molar-refractivity contribution in [1.82, 2.24) is 9.97 Å². The molecule has 0 saturated carbocycles. The molecule has 0 radical (unpaired) electrons. The van der Waals surface area contributed by atoms with Crippen LogP contribution in [0.3, 0.4) is 0 Å². The van der Waals surface area contributed by atoms with Crippen LogP contribution in [-0.4, -0.2) is 40.7 Å². The minimum Gasteiger partial charge on any atom is -0.476 e. The third-order valence-electron chi connectivity index (χ3n) is 3.77. The summed E-state index contributed by atoms with van der Waals surface area (Å²) in [6, 6.07) is 8.53. The molecular weight excluding hydrogens is 280 g/mol. The smallest absolute Gasteiger partial charge is 0.356 e. The minimum absolute atomic E-state index is 0.0424. The van der Waals surface area contributed by atoms with Crippen LogP contribution in [0.1, 0.15) is 22.5 Å². The lowest BCUT2D eigenvalue weighted by molar-refractivity contribution is 0.0690. The Morgan fingerprint density at radius 3 is 2.91 bits per heavy atom. The maximum atomic E-state index is 10.7. The van der Waals surface area contributed by atoms with E-state index in [1.165, 1.54) is 23.6 Å². The standard InChI is InChI=1S/C16H18N4O2/c21-16(22)13-10-19-15(11-18-13)17-7-3-8-20-9-6-12-4-1-2-5-14(12)20/h1-2,4-5,10-11H,3,6-9H2,(H,17,19)(H,21,22). The number of carboxylic acids is 1. The molecule has 1 aliphatic heterocycles. The zero-order valence-electron chi connectivity index (χ0n) is 12.2. The van der Waals surface area contributed by atoms with Crippen molar-refractivity contribution in [2.75, 3.05) is 29.9 Å². The number of nitrogens with one attached hydrogen (secondary N) is 1. The van der Waals surface area contributed by atoms with Crippen molar-refractivity contribution in [3.05, 3.63) is 47.9 Å². The molecule has 1 aliphatic rings. The Labute approximate surface area is 128 Å². The van der Waals surface area contributed by atoms with Crippen molar-refractivity contribution in [3.8, 4) is 0 Å². The highest BCUT2D eigenvalue weighted by Crippen LogP contribution is 2.27. The topological polar surface area (TPSA) is 78.3 Å². The second kappa shape index (κ2) is 6.43. The van der Waals surface area contributed by atoms with Crippen molar-refractivity contribution >= 4 is 17.5 Å². The molecular formula is C16H18N4O2. The second-order valence-corrected chi connectivity index (χ2v) is 5.24. The highest BCUT2D eigenvalue weighted by molar-refractivity contribution is 5.84. The molecule has 0 aliphatic carbocycles. The Kier molecular flexibility index (Phi) is 4.18. The molecule has 0 bridgehead atoms. The van der Waals surface area contributed by atoms with Crippen LogP contribution >= 0.6 is 0 Å². The lowest BCUT2D eigenvalue weighted by atomic mass is 10.2. The van der Waals surface area contributed by atoms with E-state index in [0.717, 1.165) is 32.5 Å². The summed E-state index contributed by atoms with van der Waals surface area (Å²) in [7, 11) is 0. The third-order valence-corrected chi connectivity index (χ3v) is 3.77. The van der Waals surface area contributed by atoms with Crippen LogP contribution in [0, 0.1) is 0 Å². The summed E-state index contributed by atoms with van der Waals surface area (Å²) in [5, 5.41) is 11.9. The van der Waals surface area contributed by atoms with Crippen LogP contribution in [0.25, 0.3) is 0 Å². The fraction of sp³-hybridized carbons (Fsp3) is 0.312. The molecule has 114 valence electrons. The van der Waals surface area contributed by atoms with E-state index in [1.807, 2.05) is 0 Å². The molecule has 6 heteroatoms. The number of nitrogens with zero attached hydrogens (tertiary/aromatic N) is 3. The predicted octanol–water partition coefficient (Wildman–Crippen LogP) is 2.04. The molecule has 1 aromatic carbocycles. The molecule has 3 rings (SSSR count). The van der Waals surface area contributed by atoms with Crippen LogP contribution in [0.15, 0.2) is 36.7 Å². The van der Waals surface area contributed by atoms with Crippen LogP contribution < -0.4 is 10.2 Å². The van der Waals surface area contributed by atoms with Gasteiger partial charge in [0.15, 0.2) is 5.69 Å². The highest BCUT2D eigenvalue weighted by Gasteiger charge is 2.17. The van der Waals surface area contributed by atoms with Gasteiger partial charge in [0.2, 0.25) is 0 Å². The fourth-order valence-electron chi connectivity index (χ4n) is 2.65. The summed E-state index contributed by atoms with van der Waals surface area (Å²) in [5.41, 5.74) is 2.72. The average molecular weight is 298 g/mol. The number of para-hydroxylation sites is 1. The Morgan fingerprint density at radius 2 is 2.14 bits per heavy atom.